The van der Waals surface area contributed by atoms with Crippen molar-refractivity contribution in [3.05, 3.63) is 58.1 Å². The maximum Gasteiger partial charge on any atom is 0.339 e. The summed E-state index contributed by atoms with van der Waals surface area (Å²) in [6, 6.07) is 7.61. The van der Waals surface area contributed by atoms with Gasteiger partial charge in [0.15, 0.2) is 0 Å². The Morgan fingerprint density at radius 1 is 1.25 bits per heavy atom. The highest BCUT2D eigenvalue weighted by molar-refractivity contribution is 14.1. The highest BCUT2D eigenvalue weighted by atomic mass is 127. The first-order valence-corrected chi connectivity index (χ1v) is 12.4. The maximum atomic E-state index is 13.5. The number of benzene rings is 2. The largest absolute Gasteiger partial charge is 0.507 e. The number of halogens is 2. The lowest BCUT2D eigenvalue weighted by Gasteiger charge is -2.25. The Balaban J connectivity index is 1.85. The quantitative estimate of drug-likeness (QED) is 0.313. The summed E-state index contributed by atoms with van der Waals surface area (Å²) in [5.74, 6) is -2.85. The second kappa shape index (κ2) is 11.8. The van der Waals surface area contributed by atoms with Crippen LogP contribution in [0.15, 0.2) is 36.4 Å². The van der Waals surface area contributed by atoms with E-state index >= 15 is 0 Å². The fourth-order valence-electron chi connectivity index (χ4n) is 3.97. The molecule has 36 heavy (non-hydrogen) atoms. The molecule has 0 radical (unpaired) electrons. The third-order valence-corrected chi connectivity index (χ3v) is 7.04. The molecule has 0 bridgehead atoms. The van der Waals surface area contributed by atoms with Crippen molar-refractivity contribution >= 4 is 58.3 Å². The van der Waals surface area contributed by atoms with E-state index in [-0.39, 0.29) is 18.5 Å². The molecule has 2 aromatic carbocycles. The molecule has 0 aromatic heterocycles. The van der Waals surface area contributed by atoms with Gasteiger partial charge in [0.05, 0.1) is 41.9 Å². The average Bonchev–Trinajstić information content (AvgIpc) is 2.94. The van der Waals surface area contributed by atoms with E-state index in [0.717, 1.165) is 4.90 Å². The summed E-state index contributed by atoms with van der Waals surface area (Å²) in [5, 5.41) is 22.4. The lowest BCUT2D eigenvalue weighted by atomic mass is 9.97. The van der Waals surface area contributed by atoms with Gasteiger partial charge in [0, 0.05) is 11.6 Å². The van der Waals surface area contributed by atoms with Crippen LogP contribution in [0.4, 0.5) is 4.79 Å². The number of ether oxygens (including phenoxy) is 1. The van der Waals surface area contributed by atoms with Crippen molar-refractivity contribution in [2.45, 2.75) is 25.8 Å². The molecule has 1 aliphatic heterocycles. The second-order valence-corrected chi connectivity index (χ2v) is 9.81. The number of carboxylic acids is 1. The number of nitrogens with one attached hydrogen (secondary N) is 1. The lowest BCUT2D eigenvalue weighted by molar-refractivity contribution is -0.133. The number of urea groups is 1. The van der Waals surface area contributed by atoms with Crippen molar-refractivity contribution in [3.63, 3.8) is 0 Å². The normalized spacial score (nSPS) is 16.9. The molecule has 2 unspecified atom stereocenters. The zero-order valence-corrected chi connectivity index (χ0v) is 22.4. The molecular formula is C24H25ClIN3O7. The molecule has 192 valence electrons. The highest BCUT2D eigenvalue weighted by Crippen LogP contribution is 2.29. The van der Waals surface area contributed by atoms with Gasteiger partial charge in [-0.15, -0.1) is 0 Å². The first-order valence-electron chi connectivity index (χ1n) is 11.0. The number of carbonyl (C=O) groups excluding carboxylic acids is 3. The molecule has 2 aromatic rings. The number of hydrogen-bond donors (Lipinski definition) is 3. The summed E-state index contributed by atoms with van der Waals surface area (Å²) in [6.07, 6.45) is 0.579. The average molecular weight is 630 g/mol. The number of hydrogen-bond acceptors (Lipinski definition) is 6. The smallest absolute Gasteiger partial charge is 0.339 e. The van der Waals surface area contributed by atoms with Gasteiger partial charge in [0.25, 0.3) is 5.91 Å². The van der Waals surface area contributed by atoms with E-state index in [1.165, 1.54) is 28.4 Å². The van der Waals surface area contributed by atoms with Crippen molar-refractivity contribution in [2.24, 2.45) is 5.92 Å². The van der Waals surface area contributed by atoms with Gasteiger partial charge in [0.2, 0.25) is 5.91 Å². The fraction of sp³-hybridized carbons (Fsp3) is 0.333. The Morgan fingerprint density at radius 3 is 2.58 bits per heavy atom. The van der Waals surface area contributed by atoms with Gasteiger partial charge in [-0.3, -0.25) is 17.6 Å². The Kier molecular flexibility index (Phi) is 9.01. The number of carboxylic acid groups (broad SMARTS) is 1. The monoisotopic (exact) mass is 629 g/mol. The van der Waals surface area contributed by atoms with Crippen LogP contribution in [0.5, 0.6) is 11.5 Å². The Labute approximate surface area is 226 Å². The number of rotatable bonds is 7. The summed E-state index contributed by atoms with van der Waals surface area (Å²) >= 11 is 7.96. The number of phenols is 1. The molecule has 0 spiro atoms. The summed E-state index contributed by atoms with van der Waals surface area (Å²) < 4.78 is 6.76. The van der Waals surface area contributed by atoms with Crippen LogP contribution < -0.4 is 10.1 Å². The van der Waals surface area contributed by atoms with Crippen LogP contribution in [0, 0.1) is 5.92 Å². The van der Waals surface area contributed by atoms with Gasteiger partial charge in [-0.2, -0.15) is 0 Å². The van der Waals surface area contributed by atoms with Crippen molar-refractivity contribution in [3.8, 4) is 11.5 Å². The van der Waals surface area contributed by atoms with E-state index in [4.69, 9.17) is 21.4 Å². The topological polar surface area (TPSA) is 136 Å². The minimum absolute atomic E-state index is 0.0966. The molecule has 0 aliphatic carbocycles. The first-order chi connectivity index (χ1) is 17.0. The van der Waals surface area contributed by atoms with Crippen LogP contribution in [0.25, 0.3) is 0 Å². The Morgan fingerprint density at radius 2 is 1.97 bits per heavy atom. The standard InChI is InChI=1S/C24H25ClIN3O7/c1-3-18(13-4-6-17(23(33)34)19(30)10-13)27-24(35)28-12-21(31)29(26)11-15(22(28)32)8-14-9-16(25)5-7-20(14)36-2/h4-7,9-10,15,18,30H,3,8,11-12H2,1-2H3,(H,27,35)(H,33,34). The number of aromatic hydroxyl groups is 1. The molecule has 0 saturated carbocycles. The van der Waals surface area contributed by atoms with E-state index in [1.54, 1.807) is 25.1 Å². The predicted octanol–water partition coefficient (Wildman–Crippen LogP) is 3.79. The summed E-state index contributed by atoms with van der Waals surface area (Å²) in [6.45, 7) is 1.44. The van der Waals surface area contributed by atoms with E-state index in [0.29, 0.717) is 28.3 Å². The molecule has 4 amide bonds. The van der Waals surface area contributed by atoms with Gasteiger partial charge in [-0.05, 0) is 54.3 Å². The Bertz CT molecular complexity index is 1190. The van der Waals surface area contributed by atoms with E-state index in [2.05, 4.69) is 5.32 Å². The Hall–Kier alpha value is -3.06. The minimum atomic E-state index is -1.28. The first kappa shape index (κ1) is 27.5. The number of imide groups is 1. The maximum absolute atomic E-state index is 13.5. The van der Waals surface area contributed by atoms with Gasteiger partial charge < -0.3 is 20.3 Å². The third-order valence-electron chi connectivity index (χ3n) is 5.87. The second-order valence-electron chi connectivity index (χ2n) is 8.21. The van der Waals surface area contributed by atoms with Gasteiger partial charge in [-0.1, -0.05) is 24.6 Å². The van der Waals surface area contributed by atoms with Crippen LogP contribution >= 0.6 is 34.5 Å². The molecule has 3 N–H and O–H groups in total. The summed E-state index contributed by atoms with van der Waals surface area (Å²) in [5.41, 5.74) is 0.857. The zero-order valence-electron chi connectivity index (χ0n) is 19.5. The molecular weight excluding hydrogens is 605 g/mol. The molecule has 1 heterocycles. The molecule has 2 atom stereocenters. The van der Waals surface area contributed by atoms with Crippen molar-refractivity contribution < 1.29 is 34.1 Å². The predicted molar refractivity (Wildman–Crippen MR) is 139 cm³/mol. The van der Waals surface area contributed by atoms with Crippen LogP contribution in [0.1, 0.15) is 40.9 Å². The van der Waals surface area contributed by atoms with Gasteiger partial charge in [0.1, 0.15) is 23.6 Å². The van der Waals surface area contributed by atoms with E-state index in [1.807, 2.05) is 22.9 Å². The van der Waals surface area contributed by atoms with Crippen LogP contribution in [0.2, 0.25) is 5.02 Å². The number of methoxy groups -OCH3 is 1. The zero-order chi connectivity index (χ0) is 26.6. The van der Waals surface area contributed by atoms with Crippen LogP contribution in [-0.2, 0) is 16.0 Å². The minimum Gasteiger partial charge on any atom is -0.507 e. The summed E-state index contributed by atoms with van der Waals surface area (Å²) in [4.78, 5) is 51.4. The number of aromatic carboxylic acids is 1. The molecule has 1 saturated heterocycles. The molecule has 12 heteroatoms. The number of amides is 4. The van der Waals surface area contributed by atoms with Crippen LogP contribution in [0.3, 0.4) is 0 Å². The number of carbonyl (C=O) groups is 4. The van der Waals surface area contributed by atoms with Gasteiger partial charge in [-0.25, -0.2) is 9.59 Å². The number of nitrogens with zero attached hydrogens (tertiary/aromatic N) is 2. The van der Waals surface area contributed by atoms with Crippen LogP contribution in [-0.4, -0.2) is 62.2 Å². The molecule has 1 aliphatic rings. The highest BCUT2D eigenvalue weighted by Gasteiger charge is 2.38. The van der Waals surface area contributed by atoms with E-state index in [9.17, 15) is 24.3 Å². The van der Waals surface area contributed by atoms with Gasteiger partial charge >= 0.3 is 12.0 Å². The lowest BCUT2D eigenvalue weighted by Crippen LogP contribution is -2.48. The third kappa shape index (κ3) is 6.19. The van der Waals surface area contributed by atoms with Crippen molar-refractivity contribution in [1.82, 2.24) is 13.3 Å². The summed E-state index contributed by atoms with van der Waals surface area (Å²) in [7, 11) is 1.50. The molecule has 3 rings (SSSR count). The van der Waals surface area contributed by atoms with Crippen molar-refractivity contribution in [1.29, 1.82) is 0 Å². The van der Waals surface area contributed by atoms with E-state index < -0.39 is 48.1 Å². The van der Waals surface area contributed by atoms with Crippen molar-refractivity contribution in [2.75, 3.05) is 20.2 Å². The molecule has 1 fully saturated rings. The fourth-order valence-corrected chi connectivity index (χ4v) is 4.80. The SMILES string of the molecule is CCC(NC(=O)N1CC(=O)N(I)CC(Cc2cc(Cl)ccc2OC)C1=O)c1ccc(C(=O)O)c(O)c1. The molecule has 10 nitrogen and oxygen atoms in total.